The summed E-state index contributed by atoms with van der Waals surface area (Å²) in [6.45, 7) is 5.69. The molecule has 178 valence electrons. The van der Waals surface area contributed by atoms with Crippen LogP contribution in [0.1, 0.15) is 20.8 Å². The minimum Gasteiger partial charge on any atom is -0.493 e. The third kappa shape index (κ3) is 6.72. The lowest BCUT2D eigenvalue weighted by Gasteiger charge is -2.15. The Kier molecular flexibility index (Phi) is 9.74. The highest BCUT2D eigenvalue weighted by molar-refractivity contribution is 6.33. The van der Waals surface area contributed by atoms with Crippen LogP contribution in [0.15, 0.2) is 34.5 Å². The zero-order valence-electron chi connectivity index (χ0n) is 18.9. The lowest BCUT2D eigenvalue weighted by atomic mass is 10.2. The Hall–Kier alpha value is -3.04. The van der Waals surface area contributed by atoms with E-state index in [0.717, 1.165) is 0 Å². The number of hydrogen-bond acceptors (Lipinski definition) is 8. The molecule has 0 aliphatic rings. The average molecular weight is 498 g/mol. The predicted molar refractivity (Wildman–Crippen MR) is 126 cm³/mol. The summed E-state index contributed by atoms with van der Waals surface area (Å²) in [4.78, 5) is 25.0. The highest BCUT2D eigenvalue weighted by atomic mass is 35.5. The van der Waals surface area contributed by atoms with Crippen molar-refractivity contribution in [1.82, 2.24) is 0 Å². The topological polar surface area (TPSA) is 108 Å². The molecule has 0 saturated heterocycles. The number of halogens is 2. The van der Waals surface area contributed by atoms with Crippen molar-refractivity contribution in [2.75, 3.05) is 32.8 Å². The van der Waals surface area contributed by atoms with Gasteiger partial charge in [-0.2, -0.15) is 10.2 Å². The molecule has 0 heterocycles. The fourth-order valence-electron chi connectivity index (χ4n) is 2.80. The first-order valence-corrected chi connectivity index (χ1v) is 10.7. The molecule has 2 aromatic rings. The number of methoxy groups -OCH3 is 2. The molecule has 1 N–H and O–H groups in total. The number of carbonyl (C=O) groups excluding carboxylic acids is 2. The fraction of sp³-hybridized carbons (Fsp3) is 0.364. The second-order valence-corrected chi connectivity index (χ2v) is 7.37. The van der Waals surface area contributed by atoms with E-state index in [1.807, 2.05) is 13.8 Å². The molecule has 0 saturated carbocycles. The van der Waals surface area contributed by atoms with Crippen molar-refractivity contribution in [2.24, 2.45) is 10.2 Å². The summed E-state index contributed by atoms with van der Waals surface area (Å²) in [6.07, 6.45) is 0. The molecule has 0 aliphatic carbocycles. The molecule has 0 radical (unpaired) electrons. The highest BCUT2D eigenvalue weighted by Gasteiger charge is 2.25. The number of nitrogens with zero attached hydrogens (tertiary/aromatic N) is 2. The van der Waals surface area contributed by atoms with Crippen LogP contribution in [0, 0.1) is 0 Å². The molecule has 33 heavy (non-hydrogen) atoms. The molecule has 9 nitrogen and oxygen atoms in total. The summed E-state index contributed by atoms with van der Waals surface area (Å²) in [5.41, 5.74) is 0.427. The summed E-state index contributed by atoms with van der Waals surface area (Å²) < 4.78 is 21.6. The van der Waals surface area contributed by atoms with E-state index in [-0.39, 0.29) is 22.1 Å². The van der Waals surface area contributed by atoms with Gasteiger partial charge < -0.3 is 24.3 Å². The first-order chi connectivity index (χ1) is 15.7. The highest BCUT2D eigenvalue weighted by Crippen LogP contribution is 2.39. The lowest BCUT2D eigenvalue weighted by molar-refractivity contribution is -0.126. The number of amides is 1. The molecule has 1 unspecified atom stereocenters. The maximum absolute atomic E-state index is 12.8. The van der Waals surface area contributed by atoms with Gasteiger partial charge in [0, 0.05) is 23.2 Å². The minimum atomic E-state index is -1.45. The lowest BCUT2D eigenvalue weighted by Crippen LogP contribution is -2.32. The summed E-state index contributed by atoms with van der Waals surface area (Å²) >= 11 is 12.4. The van der Waals surface area contributed by atoms with Gasteiger partial charge in [-0.15, -0.1) is 0 Å². The Morgan fingerprint density at radius 1 is 0.970 bits per heavy atom. The number of hydrogen-bond donors (Lipinski definition) is 1. The van der Waals surface area contributed by atoms with E-state index in [9.17, 15) is 9.59 Å². The molecule has 1 atom stereocenters. The summed E-state index contributed by atoms with van der Waals surface area (Å²) in [5, 5.41) is 11.1. The van der Waals surface area contributed by atoms with Gasteiger partial charge in [-0.3, -0.25) is 9.59 Å². The van der Waals surface area contributed by atoms with Gasteiger partial charge in [-0.25, -0.2) is 0 Å². The van der Waals surface area contributed by atoms with Crippen molar-refractivity contribution < 1.29 is 28.5 Å². The quantitative estimate of drug-likeness (QED) is 0.324. The third-order valence-corrected chi connectivity index (χ3v) is 4.75. The molecule has 0 bridgehead atoms. The van der Waals surface area contributed by atoms with E-state index in [1.54, 1.807) is 0 Å². The SMILES string of the molecule is CCOc1cc(Cl)c(N=NC(C(C)=O)C(=O)Nc2cc(Cl)cc(OC)c2OC)cc1OCC. The number of Topliss-reactive ketones (excluding diaryl/α,β-unsaturated/α-hetero) is 1. The van der Waals surface area contributed by atoms with E-state index in [4.69, 9.17) is 42.1 Å². The zero-order valence-corrected chi connectivity index (χ0v) is 20.4. The minimum absolute atomic E-state index is 0.213. The fourth-order valence-corrected chi connectivity index (χ4v) is 3.20. The molecule has 1 amide bonds. The number of anilines is 1. The number of rotatable bonds is 11. The van der Waals surface area contributed by atoms with Gasteiger partial charge in [0.05, 0.1) is 38.1 Å². The second-order valence-electron chi connectivity index (χ2n) is 6.52. The summed E-state index contributed by atoms with van der Waals surface area (Å²) in [5.74, 6) is 0.150. The van der Waals surface area contributed by atoms with Crippen LogP contribution in [-0.4, -0.2) is 45.2 Å². The van der Waals surface area contributed by atoms with Gasteiger partial charge in [-0.05, 0) is 26.8 Å². The molecule has 2 aromatic carbocycles. The van der Waals surface area contributed by atoms with E-state index >= 15 is 0 Å². The summed E-state index contributed by atoms with van der Waals surface area (Å²) in [7, 11) is 2.84. The Bertz CT molecular complexity index is 1050. The van der Waals surface area contributed by atoms with Crippen LogP contribution in [0.2, 0.25) is 10.0 Å². The molecular weight excluding hydrogens is 473 g/mol. The normalized spacial score (nSPS) is 11.7. The monoisotopic (exact) mass is 497 g/mol. The van der Waals surface area contributed by atoms with Crippen LogP contribution in [0.5, 0.6) is 23.0 Å². The second kappa shape index (κ2) is 12.3. The number of carbonyl (C=O) groups is 2. The number of ketones is 1. The Balaban J connectivity index is 2.35. The van der Waals surface area contributed by atoms with Crippen LogP contribution in [0.3, 0.4) is 0 Å². The number of benzene rings is 2. The van der Waals surface area contributed by atoms with E-state index in [2.05, 4.69) is 15.5 Å². The van der Waals surface area contributed by atoms with Crippen molar-refractivity contribution in [3.8, 4) is 23.0 Å². The van der Waals surface area contributed by atoms with Crippen LogP contribution < -0.4 is 24.3 Å². The predicted octanol–water partition coefficient (Wildman–Crippen LogP) is 5.49. The largest absolute Gasteiger partial charge is 0.493 e. The maximum Gasteiger partial charge on any atom is 0.258 e. The standard InChI is InChI=1S/C22H25Cl2N3O6/c1-6-32-17-10-14(24)15(11-18(17)33-7-2)26-27-20(12(3)28)22(29)25-16-8-13(23)9-19(30-4)21(16)31-5/h8-11,20H,6-7H2,1-5H3,(H,25,29). The molecule has 0 fully saturated rings. The Labute approximate surface area is 202 Å². The zero-order chi connectivity index (χ0) is 24.5. The molecule has 2 rings (SSSR count). The first-order valence-electron chi connectivity index (χ1n) is 9.98. The van der Waals surface area contributed by atoms with Crippen LogP contribution in [-0.2, 0) is 9.59 Å². The van der Waals surface area contributed by atoms with Gasteiger partial charge in [0.2, 0.25) is 6.04 Å². The van der Waals surface area contributed by atoms with Crippen molar-refractivity contribution in [3.63, 3.8) is 0 Å². The van der Waals surface area contributed by atoms with Crippen molar-refractivity contribution in [2.45, 2.75) is 26.8 Å². The molecule has 0 aliphatic heterocycles. The molecule has 0 aromatic heterocycles. The average Bonchev–Trinajstić information content (AvgIpc) is 2.76. The van der Waals surface area contributed by atoms with Crippen LogP contribution in [0.4, 0.5) is 11.4 Å². The summed E-state index contributed by atoms with van der Waals surface area (Å²) in [6, 6.07) is 4.61. The van der Waals surface area contributed by atoms with E-state index < -0.39 is 17.7 Å². The third-order valence-electron chi connectivity index (χ3n) is 4.23. The van der Waals surface area contributed by atoms with Crippen LogP contribution >= 0.6 is 23.2 Å². The van der Waals surface area contributed by atoms with Gasteiger partial charge in [0.25, 0.3) is 5.91 Å². The van der Waals surface area contributed by atoms with Gasteiger partial charge in [0.1, 0.15) is 5.69 Å². The number of azo groups is 1. The van der Waals surface area contributed by atoms with Crippen LogP contribution in [0.25, 0.3) is 0 Å². The first kappa shape index (κ1) is 26.2. The Morgan fingerprint density at radius 3 is 2.15 bits per heavy atom. The molecule has 11 heteroatoms. The molecule has 0 spiro atoms. The van der Waals surface area contributed by atoms with Gasteiger partial charge >= 0.3 is 0 Å². The number of nitrogens with one attached hydrogen (secondary N) is 1. The van der Waals surface area contributed by atoms with Gasteiger partial charge in [0.15, 0.2) is 28.8 Å². The number of ether oxygens (including phenoxy) is 4. The van der Waals surface area contributed by atoms with Crippen molar-refractivity contribution in [3.05, 3.63) is 34.3 Å². The van der Waals surface area contributed by atoms with Crippen molar-refractivity contribution >= 4 is 46.3 Å². The van der Waals surface area contributed by atoms with E-state index in [1.165, 1.54) is 45.4 Å². The van der Waals surface area contributed by atoms with Gasteiger partial charge in [-0.1, -0.05) is 23.2 Å². The Morgan fingerprint density at radius 2 is 1.61 bits per heavy atom. The van der Waals surface area contributed by atoms with E-state index in [0.29, 0.717) is 35.5 Å². The van der Waals surface area contributed by atoms with Crippen molar-refractivity contribution in [1.29, 1.82) is 0 Å². The molecular formula is C22H25Cl2N3O6. The smallest absolute Gasteiger partial charge is 0.258 e. The maximum atomic E-state index is 12.8.